The van der Waals surface area contributed by atoms with Crippen molar-refractivity contribution in [3.05, 3.63) is 29.8 Å². The summed E-state index contributed by atoms with van der Waals surface area (Å²) in [5.41, 5.74) is 1.02. The Morgan fingerprint density at radius 2 is 2.04 bits per heavy atom. The summed E-state index contributed by atoms with van der Waals surface area (Å²) in [7, 11) is -3.46. The number of carbonyl (C=O) groups excluding carboxylic acids is 1. The Morgan fingerprint density at radius 3 is 2.62 bits per heavy atom. The lowest BCUT2D eigenvalue weighted by Gasteiger charge is -2.12. The maximum Gasteiger partial charge on any atom is 0.307 e. The summed E-state index contributed by atoms with van der Waals surface area (Å²) < 4.78 is 26.7. The molecule has 1 aliphatic rings. The molecule has 1 aromatic carbocycles. The van der Waals surface area contributed by atoms with Gasteiger partial charge in [-0.05, 0) is 37.5 Å². The number of carboxylic acid groups (broad SMARTS) is 1. The number of rotatable bonds is 8. The molecule has 0 spiro atoms. The molecule has 1 saturated carbocycles. The van der Waals surface area contributed by atoms with E-state index in [2.05, 4.69) is 10.0 Å². The number of hydrogen-bond acceptors (Lipinski definition) is 4. The molecular formula is C16H22N2O5S. The number of aliphatic carboxylic acids is 1. The summed E-state index contributed by atoms with van der Waals surface area (Å²) >= 11 is 0. The van der Waals surface area contributed by atoms with Crippen LogP contribution in [0.1, 0.15) is 32.3 Å². The maximum atomic E-state index is 12.1. The number of nitrogens with one attached hydrogen (secondary N) is 2. The van der Waals surface area contributed by atoms with Gasteiger partial charge in [0.05, 0.1) is 17.6 Å². The molecule has 0 aliphatic heterocycles. The molecule has 0 bridgehead atoms. The van der Waals surface area contributed by atoms with Gasteiger partial charge in [0.25, 0.3) is 0 Å². The molecule has 0 radical (unpaired) electrons. The highest BCUT2D eigenvalue weighted by atomic mass is 32.2. The van der Waals surface area contributed by atoms with E-state index in [1.54, 1.807) is 31.2 Å². The van der Waals surface area contributed by atoms with Crippen molar-refractivity contribution in [3.63, 3.8) is 0 Å². The van der Waals surface area contributed by atoms with Gasteiger partial charge in [0.2, 0.25) is 15.9 Å². The number of benzene rings is 1. The Morgan fingerprint density at radius 1 is 1.33 bits per heavy atom. The van der Waals surface area contributed by atoms with Gasteiger partial charge >= 0.3 is 5.97 Å². The Hall–Kier alpha value is -1.93. The fourth-order valence-electron chi connectivity index (χ4n) is 2.38. The van der Waals surface area contributed by atoms with E-state index in [9.17, 15) is 18.0 Å². The standard InChI is InChI=1S/C16H22N2O5S/c1-3-10(2)18-24(22,23)9-11-5-4-6-12(7-11)17-15(19)13-8-14(13)16(20)21/h4-7,10,13-14,18H,3,8-9H2,1-2H3,(H,17,19)(H,20,21). The van der Waals surface area contributed by atoms with E-state index in [-0.39, 0.29) is 17.7 Å². The number of sulfonamides is 1. The zero-order valence-electron chi connectivity index (χ0n) is 13.7. The highest BCUT2D eigenvalue weighted by Crippen LogP contribution is 2.39. The highest BCUT2D eigenvalue weighted by molar-refractivity contribution is 7.88. The highest BCUT2D eigenvalue weighted by Gasteiger charge is 2.48. The van der Waals surface area contributed by atoms with Crippen molar-refractivity contribution < 1.29 is 23.1 Å². The van der Waals surface area contributed by atoms with Crippen LogP contribution < -0.4 is 10.0 Å². The molecule has 0 saturated heterocycles. The summed E-state index contributed by atoms with van der Waals surface area (Å²) in [5, 5.41) is 11.5. The first kappa shape index (κ1) is 18.4. The Bertz CT molecular complexity index is 732. The van der Waals surface area contributed by atoms with Crippen molar-refractivity contribution >= 4 is 27.6 Å². The molecule has 7 nitrogen and oxygen atoms in total. The van der Waals surface area contributed by atoms with Crippen LogP contribution in [0.3, 0.4) is 0 Å². The average molecular weight is 354 g/mol. The average Bonchev–Trinajstić information content (AvgIpc) is 3.27. The van der Waals surface area contributed by atoms with E-state index in [1.807, 2.05) is 6.92 Å². The summed E-state index contributed by atoms with van der Waals surface area (Å²) in [6, 6.07) is 6.43. The van der Waals surface area contributed by atoms with Crippen LogP contribution >= 0.6 is 0 Å². The fourth-order valence-corrected chi connectivity index (χ4v) is 3.86. The normalized spacial score (nSPS) is 21.1. The molecule has 1 fully saturated rings. The number of carbonyl (C=O) groups is 2. The molecule has 1 aliphatic carbocycles. The predicted molar refractivity (Wildman–Crippen MR) is 89.8 cm³/mol. The Labute approximate surface area is 141 Å². The molecule has 8 heteroatoms. The third-order valence-corrected chi connectivity index (χ3v) is 5.46. The van der Waals surface area contributed by atoms with Crippen LogP contribution in [0.15, 0.2) is 24.3 Å². The van der Waals surface area contributed by atoms with E-state index in [0.29, 0.717) is 24.1 Å². The maximum absolute atomic E-state index is 12.1. The molecule has 132 valence electrons. The summed E-state index contributed by atoms with van der Waals surface area (Å²) in [6.45, 7) is 3.69. The third-order valence-electron chi connectivity index (χ3n) is 3.99. The topological polar surface area (TPSA) is 113 Å². The largest absolute Gasteiger partial charge is 0.481 e. The van der Waals surface area contributed by atoms with Crippen LogP contribution in [-0.2, 0) is 25.4 Å². The van der Waals surface area contributed by atoms with Gasteiger partial charge in [0.15, 0.2) is 0 Å². The molecule has 24 heavy (non-hydrogen) atoms. The summed E-state index contributed by atoms with van der Waals surface area (Å²) in [5.74, 6) is -2.62. The first-order valence-corrected chi connectivity index (χ1v) is 9.49. The van der Waals surface area contributed by atoms with Gasteiger partial charge in [-0.3, -0.25) is 9.59 Å². The van der Waals surface area contributed by atoms with Crippen molar-refractivity contribution in [3.8, 4) is 0 Å². The van der Waals surface area contributed by atoms with Crippen LogP contribution in [0.2, 0.25) is 0 Å². The van der Waals surface area contributed by atoms with Crippen LogP contribution in [0.25, 0.3) is 0 Å². The van der Waals surface area contributed by atoms with E-state index in [4.69, 9.17) is 5.11 Å². The first-order chi connectivity index (χ1) is 11.2. The van der Waals surface area contributed by atoms with Crippen LogP contribution in [-0.4, -0.2) is 31.4 Å². The van der Waals surface area contributed by atoms with Gasteiger partial charge in [-0.2, -0.15) is 0 Å². The van der Waals surface area contributed by atoms with Crippen molar-refractivity contribution in [1.82, 2.24) is 4.72 Å². The van der Waals surface area contributed by atoms with Crippen molar-refractivity contribution in [1.29, 1.82) is 0 Å². The minimum Gasteiger partial charge on any atom is -0.481 e. The number of anilines is 1. The molecule has 3 atom stereocenters. The lowest BCUT2D eigenvalue weighted by molar-refractivity contribution is -0.139. The van der Waals surface area contributed by atoms with E-state index < -0.39 is 27.8 Å². The van der Waals surface area contributed by atoms with Gasteiger partial charge in [0, 0.05) is 11.7 Å². The molecule has 0 aromatic heterocycles. The van der Waals surface area contributed by atoms with Crippen molar-refractivity contribution in [2.24, 2.45) is 11.8 Å². The first-order valence-electron chi connectivity index (χ1n) is 7.84. The minimum absolute atomic E-state index is 0.138. The molecule has 1 aromatic rings. The van der Waals surface area contributed by atoms with Crippen LogP contribution in [0.5, 0.6) is 0 Å². The zero-order valence-corrected chi connectivity index (χ0v) is 14.5. The molecule has 3 unspecified atom stereocenters. The second kappa shape index (κ2) is 7.31. The molecule has 2 rings (SSSR count). The number of amides is 1. The van der Waals surface area contributed by atoms with Gasteiger partial charge in [-0.25, -0.2) is 13.1 Å². The third kappa shape index (κ3) is 5.04. The SMILES string of the molecule is CCC(C)NS(=O)(=O)Cc1cccc(NC(=O)C2CC2C(=O)O)c1. The predicted octanol–water partition coefficient (Wildman–Crippen LogP) is 1.56. The van der Waals surface area contributed by atoms with Crippen LogP contribution in [0.4, 0.5) is 5.69 Å². The fraction of sp³-hybridized carbons (Fsp3) is 0.500. The second-order valence-electron chi connectivity index (χ2n) is 6.16. The van der Waals surface area contributed by atoms with Crippen molar-refractivity contribution in [2.45, 2.75) is 38.5 Å². The van der Waals surface area contributed by atoms with E-state index >= 15 is 0 Å². The summed E-state index contributed by atoms with van der Waals surface area (Å²) in [6.07, 6.45) is 1.04. The Balaban J connectivity index is 1.99. The monoisotopic (exact) mass is 354 g/mol. The smallest absolute Gasteiger partial charge is 0.307 e. The molecular weight excluding hydrogens is 332 g/mol. The van der Waals surface area contributed by atoms with Gasteiger partial charge in [0.1, 0.15) is 0 Å². The van der Waals surface area contributed by atoms with E-state index in [1.165, 1.54) is 0 Å². The molecule has 0 heterocycles. The number of carboxylic acids is 1. The summed E-state index contributed by atoms with van der Waals surface area (Å²) in [4.78, 5) is 22.8. The zero-order chi connectivity index (χ0) is 17.9. The second-order valence-corrected chi connectivity index (χ2v) is 7.92. The van der Waals surface area contributed by atoms with Crippen LogP contribution in [0, 0.1) is 11.8 Å². The van der Waals surface area contributed by atoms with Gasteiger partial charge in [-0.1, -0.05) is 19.1 Å². The Kier molecular flexibility index (Phi) is 5.61. The molecule has 1 amide bonds. The van der Waals surface area contributed by atoms with Gasteiger partial charge in [-0.15, -0.1) is 0 Å². The minimum atomic E-state index is -3.46. The van der Waals surface area contributed by atoms with Crippen molar-refractivity contribution in [2.75, 3.05) is 5.32 Å². The number of hydrogen-bond donors (Lipinski definition) is 3. The quantitative estimate of drug-likeness (QED) is 0.656. The lowest BCUT2D eigenvalue weighted by Crippen LogP contribution is -2.33. The molecule has 3 N–H and O–H groups in total. The van der Waals surface area contributed by atoms with E-state index in [0.717, 1.165) is 0 Å². The van der Waals surface area contributed by atoms with Gasteiger partial charge < -0.3 is 10.4 Å². The lowest BCUT2D eigenvalue weighted by atomic mass is 10.2.